The van der Waals surface area contributed by atoms with Gasteiger partial charge in [0.2, 0.25) is 0 Å². The van der Waals surface area contributed by atoms with Crippen LogP contribution in [0.5, 0.6) is 0 Å². The van der Waals surface area contributed by atoms with Crippen LogP contribution in [0.25, 0.3) is 10.9 Å². The Bertz CT molecular complexity index is 809. The zero-order chi connectivity index (χ0) is 16.3. The maximum Gasteiger partial charge on any atom is 0.173 e. The van der Waals surface area contributed by atoms with Crippen molar-refractivity contribution in [1.82, 2.24) is 9.19 Å². The summed E-state index contributed by atoms with van der Waals surface area (Å²) in [6.45, 7) is 7.94. The van der Waals surface area contributed by atoms with Crippen molar-refractivity contribution in [1.29, 1.82) is 0 Å². The molecule has 0 aliphatic carbocycles. The van der Waals surface area contributed by atoms with Crippen LogP contribution in [0, 0.1) is 13.8 Å². The number of benzene rings is 2. The van der Waals surface area contributed by atoms with Crippen molar-refractivity contribution in [2.24, 2.45) is 0 Å². The molecule has 0 saturated carbocycles. The van der Waals surface area contributed by atoms with E-state index in [1.807, 2.05) is 70.2 Å². The normalized spacial score (nSPS) is 11.9. The van der Waals surface area contributed by atoms with Crippen LogP contribution in [0.1, 0.15) is 25.1 Å². The van der Waals surface area contributed by atoms with Gasteiger partial charge in [-0.05, 0) is 44.2 Å². The zero-order valence-electron chi connectivity index (χ0n) is 13.1. The summed E-state index contributed by atoms with van der Waals surface area (Å²) in [6.07, 6.45) is 0. The van der Waals surface area contributed by atoms with E-state index >= 15 is 0 Å². The lowest BCUT2D eigenvalue weighted by Crippen LogP contribution is -2.06. The Morgan fingerprint density at radius 1 is 1.05 bits per heavy atom. The van der Waals surface area contributed by atoms with Crippen molar-refractivity contribution in [3.05, 3.63) is 58.2 Å². The van der Waals surface area contributed by atoms with E-state index in [0.717, 1.165) is 31.5 Å². The predicted octanol–water partition coefficient (Wildman–Crippen LogP) is 5.01. The molecule has 2 aromatic carbocycles. The van der Waals surface area contributed by atoms with Gasteiger partial charge in [0.05, 0.1) is 16.1 Å². The fraction of sp³-hybridized carbons (Fsp3) is 0.235. The first-order valence-corrected chi connectivity index (χ1v) is 9.10. The highest BCUT2D eigenvalue weighted by Crippen LogP contribution is 2.24. The van der Waals surface area contributed by atoms with E-state index < -0.39 is 11.0 Å². The second-order valence-corrected chi connectivity index (χ2v) is 6.91. The molecule has 0 spiro atoms. The Morgan fingerprint density at radius 2 is 1.68 bits per heavy atom. The van der Waals surface area contributed by atoms with Gasteiger partial charge in [-0.15, -0.1) is 0 Å². The number of fused-ring (bicyclic) bond motifs is 1. The first-order valence-electron chi connectivity index (χ1n) is 7.20. The third-order valence-corrected chi connectivity index (χ3v) is 4.94. The molecular formula is C17H19BrN2OS. The van der Waals surface area contributed by atoms with Gasteiger partial charge < -0.3 is 0 Å². The molecule has 0 aliphatic rings. The summed E-state index contributed by atoms with van der Waals surface area (Å²) < 4.78 is 15.2. The molecule has 3 nitrogen and oxygen atoms in total. The fourth-order valence-electron chi connectivity index (χ4n) is 2.09. The summed E-state index contributed by atoms with van der Waals surface area (Å²) >= 11 is 3.45. The summed E-state index contributed by atoms with van der Waals surface area (Å²) in [6, 6.07) is 13.6. The molecule has 1 unspecified atom stereocenters. The van der Waals surface area contributed by atoms with E-state index in [-0.39, 0.29) is 0 Å². The summed E-state index contributed by atoms with van der Waals surface area (Å²) in [5.74, 6) is 0. The lowest BCUT2D eigenvalue weighted by atomic mass is 10.2. The van der Waals surface area contributed by atoms with Crippen molar-refractivity contribution in [3.63, 3.8) is 0 Å². The van der Waals surface area contributed by atoms with Gasteiger partial charge in [-0.25, -0.2) is 4.21 Å². The molecule has 116 valence electrons. The molecule has 22 heavy (non-hydrogen) atoms. The average molecular weight is 379 g/mol. The molecular weight excluding hydrogens is 360 g/mol. The molecule has 0 radical (unpaired) electrons. The average Bonchev–Trinajstić information content (AvgIpc) is 2.85. The lowest BCUT2D eigenvalue weighted by molar-refractivity contribution is 0.672. The minimum Gasteiger partial charge on any atom is -0.229 e. The maximum absolute atomic E-state index is 12.7. The molecule has 5 heteroatoms. The van der Waals surface area contributed by atoms with Gasteiger partial charge in [-0.2, -0.15) is 9.19 Å². The van der Waals surface area contributed by atoms with Crippen LogP contribution >= 0.6 is 15.9 Å². The highest BCUT2D eigenvalue weighted by Gasteiger charge is 2.14. The highest BCUT2D eigenvalue weighted by atomic mass is 79.9. The molecule has 1 atom stereocenters. The van der Waals surface area contributed by atoms with Gasteiger partial charge in [0, 0.05) is 9.86 Å². The van der Waals surface area contributed by atoms with E-state index in [1.165, 1.54) is 0 Å². The zero-order valence-corrected chi connectivity index (χ0v) is 15.5. The third-order valence-electron chi connectivity index (χ3n) is 3.18. The Morgan fingerprint density at radius 3 is 2.32 bits per heavy atom. The molecule has 0 aliphatic heterocycles. The SMILES string of the molecule is CC.Cc1ccc(S(=O)n2nc(C)c3ccc(Br)cc32)cc1. The van der Waals surface area contributed by atoms with Gasteiger partial charge in [-0.1, -0.05) is 47.5 Å². The van der Waals surface area contributed by atoms with Gasteiger partial charge in [0.25, 0.3) is 0 Å². The predicted molar refractivity (Wildman–Crippen MR) is 96.5 cm³/mol. The highest BCUT2D eigenvalue weighted by molar-refractivity contribution is 9.10. The lowest BCUT2D eigenvalue weighted by Gasteiger charge is -2.04. The van der Waals surface area contributed by atoms with Gasteiger partial charge in [0.15, 0.2) is 11.0 Å². The second-order valence-electron chi connectivity index (χ2n) is 4.68. The standard InChI is InChI=1S/C15H13BrN2OS.C2H6/c1-10-3-6-13(7-4-10)20(19)18-15-9-12(16)5-8-14(15)11(2)17-18;1-2/h3-9H,1-2H3;1-2H3. The van der Waals surface area contributed by atoms with Crippen molar-refractivity contribution in [2.45, 2.75) is 32.6 Å². The molecule has 3 aromatic rings. The summed E-state index contributed by atoms with van der Waals surface area (Å²) in [5, 5.41) is 5.45. The van der Waals surface area contributed by atoms with E-state index in [4.69, 9.17) is 0 Å². The topological polar surface area (TPSA) is 34.9 Å². The quantitative estimate of drug-likeness (QED) is 0.627. The van der Waals surface area contributed by atoms with Gasteiger partial charge in [0.1, 0.15) is 0 Å². The van der Waals surface area contributed by atoms with Crippen LogP contribution in [0.2, 0.25) is 0 Å². The minimum atomic E-state index is -1.33. The summed E-state index contributed by atoms with van der Waals surface area (Å²) in [7, 11) is -1.33. The maximum atomic E-state index is 12.7. The monoisotopic (exact) mass is 378 g/mol. The van der Waals surface area contributed by atoms with Crippen molar-refractivity contribution in [2.75, 3.05) is 0 Å². The molecule has 0 saturated heterocycles. The number of aryl methyl sites for hydroxylation is 2. The van der Waals surface area contributed by atoms with Gasteiger partial charge in [-0.3, -0.25) is 0 Å². The van der Waals surface area contributed by atoms with Gasteiger partial charge >= 0.3 is 0 Å². The van der Waals surface area contributed by atoms with Crippen LogP contribution in [0.4, 0.5) is 0 Å². The van der Waals surface area contributed by atoms with Crippen LogP contribution < -0.4 is 0 Å². The minimum absolute atomic E-state index is 0.750. The van der Waals surface area contributed by atoms with E-state index in [2.05, 4.69) is 21.0 Å². The molecule has 0 fully saturated rings. The van der Waals surface area contributed by atoms with E-state index in [9.17, 15) is 4.21 Å². The Labute approximate surface area is 142 Å². The Hall–Kier alpha value is -1.46. The second kappa shape index (κ2) is 7.20. The number of nitrogens with zero attached hydrogens (tertiary/aromatic N) is 2. The number of aromatic nitrogens is 2. The fourth-order valence-corrected chi connectivity index (χ4v) is 3.54. The van der Waals surface area contributed by atoms with E-state index in [1.54, 1.807) is 4.09 Å². The molecule has 1 heterocycles. The largest absolute Gasteiger partial charge is 0.229 e. The summed E-state index contributed by atoms with van der Waals surface area (Å²) in [4.78, 5) is 0.750. The van der Waals surface area contributed by atoms with Crippen molar-refractivity contribution < 1.29 is 4.21 Å². The third kappa shape index (κ3) is 3.31. The number of hydrogen-bond acceptors (Lipinski definition) is 2. The van der Waals surface area contributed by atoms with Crippen LogP contribution in [-0.2, 0) is 11.0 Å². The molecule has 0 amide bonds. The first-order chi connectivity index (χ1) is 10.6. The van der Waals surface area contributed by atoms with Crippen LogP contribution in [0.15, 0.2) is 51.8 Å². The Balaban J connectivity index is 0.000000847. The van der Waals surface area contributed by atoms with Crippen LogP contribution in [0.3, 0.4) is 0 Å². The molecule has 3 rings (SSSR count). The molecule has 1 aromatic heterocycles. The van der Waals surface area contributed by atoms with Crippen LogP contribution in [-0.4, -0.2) is 13.4 Å². The number of hydrogen-bond donors (Lipinski definition) is 0. The summed E-state index contributed by atoms with van der Waals surface area (Å²) in [5.41, 5.74) is 2.90. The van der Waals surface area contributed by atoms with Crippen molar-refractivity contribution in [3.8, 4) is 0 Å². The molecule has 0 N–H and O–H groups in total. The van der Waals surface area contributed by atoms with Crippen molar-refractivity contribution >= 4 is 37.8 Å². The first kappa shape index (κ1) is 16.9. The molecule has 0 bridgehead atoms. The number of halogens is 1. The Kier molecular flexibility index (Phi) is 5.53. The van der Waals surface area contributed by atoms with E-state index in [0.29, 0.717) is 0 Å². The number of rotatable bonds is 2. The smallest absolute Gasteiger partial charge is 0.173 e.